The van der Waals surface area contributed by atoms with E-state index in [1.165, 1.54) is 63.4 Å². The number of benzene rings is 1. The van der Waals surface area contributed by atoms with Crippen LogP contribution in [0.15, 0.2) is 104 Å². The van der Waals surface area contributed by atoms with Crippen LogP contribution < -0.4 is 62.9 Å². The normalized spacial score (nSPS) is 35.8. The number of amides is 6. The zero-order valence-electron chi connectivity index (χ0n) is 55.7. The number of halogens is 2. The number of hydrogen-bond donors (Lipinski definition) is 19. The van der Waals surface area contributed by atoms with Crippen molar-refractivity contribution >= 4 is 81.8 Å². The highest BCUT2D eigenvalue weighted by Crippen LogP contribution is 2.55. The number of ether oxygens (including phenoxy) is 6. The average molecular weight is 1490 g/mol. The number of hydrogen-bond acceptors (Lipinski definition) is 25. The summed E-state index contributed by atoms with van der Waals surface area (Å²) in [7, 11) is 1.51. The molecule has 3 saturated heterocycles. The molecule has 12 aliphatic rings. The third kappa shape index (κ3) is 15.2. The lowest BCUT2D eigenvalue weighted by Crippen LogP contribution is -2.64. The van der Waals surface area contributed by atoms with Gasteiger partial charge in [0.2, 0.25) is 53.3 Å². The standard InChI is InChI=1S/C67H83Cl2N9O23S/c1-23(2)12-36(72-5)58(87)76-49-51(82)26-7-10-38(34(68)14-26)97-40-16-28-17-41(55(40)101-65-56(54(85)53(84)42(22-79)99-65)100-44-21-66(4,71)57(86)24(3)96-44)98-39-11-8-27(15-35(39)69)52(83)50-62(91)75-48(64(92)93)31-18-29(80)19-33-45(31)30-13-25(6-9-32(30)67(33,94)95)46(60(89)77-50)78-63(102)47(28)74-59(88)37(20-43(70)81)73-61(49)90/h6,8-9,11,14,16-18,23-24,29-30,35-37,42,44,46-54,56-57,65,72,79-80,82-86,94-95H,7,10,12-13,15,19-22,71H2,1-5H3,(H2,70,81)(H,73,90)(H,74,88)(H,75,91)(H,76,87)(H,77,89)(H,78,102)(H,92,93)/t24-,29?,30?,35?,36+,37-,42?,44-,46?,47+,48-,49+,50-,51+,52+,53?,54-,56?,57+,65+,66?/m0/s1. The van der Waals surface area contributed by atoms with Crippen molar-refractivity contribution in [3.05, 3.63) is 110 Å². The predicted octanol–water partition coefficient (Wildman–Crippen LogP) is -2.85. The highest BCUT2D eigenvalue weighted by molar-refractivity contribution is 7.80. The molecule has 0 aromatic heterocycles. The molecule has 8 unspecified atom stereocenters. The molecule has 11 bridgehead atoms. The summed E-state index contributed by atoms with van der Waals surface area (Å²) in [6, 6.07) is -10.3. The summed E-state index contributed by atoms with van der Waals surface area (Å²) in [5, 5.41) is 133. The smallest absolute Gasteiger partial charge is 0.330 e. The zero-order valence-corrected chi connectivity index (χ0v) is 58.0. The van der Waals surface area contributed by atoms with Gasteiger partial charge in [0.15, 0.2) is 29.9 Å². The Morgan fingerprint density at radius 1 is 0.843 bits per heavy atom. The van der Waals surface area contributed by atoms with Crippen LogP contribution in [0.4, 0.5) is 0 Å². The fraction of sp³-hybridized carbons (Fsp3) is 0.552. The van der Waals surface area contributed by atoms with Crippen LogP contribution in [-0.4, -0.2) is 232 Å². The van der Waals surface area contributed by atoms with E-state index in [2.05, 4.69) is 37.2 Å². The SMILES string of the molecule is CN[C@H](CC(C)C)C(=O)N[C@H]1C(=O)N[C@@H](CC(N)=O)C(=O)N[C@H]2C(=S)NC3C(=O)N[C@H](C(=O)N[C@H](C(=O)O)C4=CC(O)CC5=C4C4CC3=CC=C4C5(O)O)[C@H](O)C3=CC=C(Oc4cc2cc(c4O[C@H]2OC(CO)C(O)[C@H](O)C2O[C@H]2CC(C)(N)[C@H](O)[C@H](C)O2)OC2=C(Cl)C=C(CC2)[C@H]1O)C(Cl)C3. The number of aliphatic carboxylic acids is 1. The molecule has 5 aliphatic carbocycles. The topological polar surface area (TPSA) is 513 Å². The maximum atomic E-state index is 15.6. The Balaban J connectivity index is 1.14. The fourth-order valence-corrected chi connectivity index (χ4v) is 15.4. The van der Waals surface area contributed by atoms with E-state index >= 15 is 14.4 Å². The van der Waals surface area contributed by atoms with E-state index < -0.39 is 222 Å². The number of thiocarbonyl (C=S) groups is 1. The van der Waals surface area contributed by atoms with Crippen LogP contribution in [0.2, 0.25) is 0 Å². The lowest BCUT2D eigenvalue weighted by molar-refractivity contribution is -0.333. The Morgan fingerprint density at radius 3 is 2.20 bits per heavy atom. The molecular formula is C67H83Cl2N9O23S. The van der Waals surface area contributed by atoms with Crippen LogP contribution in [0.1, 0.15) is 90.7 Å². The number of carbonyl (C=O) groups excluding carboxylic acids is 6. The minimum absolute atomic E-state index is 0.000226. The average Bonchev–Trinajstić information content (AvgIpc) is 1.55. The second-order valence-corrected chi connectivity index (χ2v) is 29.1. The summed E-state index contributed by atoms with van der Waals surface area (Å²) in [4.78, 5) is 101. The van der Waals surface area contributed by atoms with Crippen molar-refractivity contribution in [2.75, 3.05) is 13.7 Å². The number of likely N-dealkylation sites (N-methyl/N-ethyl adjacent to an activating group) is 1. The Morgan fingerprint density at radius 2 is 1.55 bits per heavy atom. The maximum Gasteiger partial charge on any atom is 0.330 e. The molecule has 0 saturated carbocycles. The Labute approximate surface area is 598 Å². The highest BCUT2D eigenvalue weighted by atomic mass is 35.5. The van der Waals surface area contributed by atoms with Gasteiger partial charge in [-0.05, 0) is 122 Å². The van der Waals surface area contributed by atoms with Crippen LogP contribution in [0.5, 0.6) is 17.2 Å². The highest BCUT2D eigenvalue weighted by Gasteiger charge is 2.55. The number of alkyl halides is 1. The van der Waals surface area contributed by atoms with Gasteiger partial charge < -0.3 is 128 Å². The second-order valence-electron chi connectivity index (χ2n) is 27.7. The first-order chi connectivity index (χ1) is 48.1. The number of primary amides is 1. The van der Waals surface area contributed by atoms with Gasteiger partial charge in [-0.2, -0.15) is 0 Å². The van der Waals surface area contributed by atoms with Crippen LogP contribution in [0.3, 0.4) is 0 Å². The summed E-state index contributed by atoms with van der Waals surface area (Å²) in [6.45, 7) is 5.84. The summed E-state index contributed by atoms with van der Waals surface area (Å²) in [6.07, 6.45) is -13.1. The molecule has 1 aromatic rings. The number of rotatable bonds is 13. The molecular weight excluding hydrogens is 1400 g/mol. The van der Waals surface area contributed by atoms with E-state index in [-0.39, 0.29) is 99.1 Å². The number of carboxylic acids is 1. The molecule has 7 heterocycles. The second kappa shape index (κ2) is 30.1. The first-order valence-electron chi connectivity index (χ1n) is 33.2. The van der Waals surface area contributed by atoms with Crippen LogP contribution >= 0.6 is 35.4 Å². The molecule has 0 radical (unpaired) electrons. The third-order valence-electron chi connectivity index (χ3n) is 19.9. The molecule has 102 heavy (non-hydrogen) atoms. The number of allylic oxidation sites excluding steroid dienone is 8. The zero-order chi connectivity index (χ0) is 74.0. The van der Waals surface area contributed by atoms with E-state index in [1.807, 2.05) is 13.8 Å². The fourth-order valence-electron chi connectivity index (χ4n) is 14.5. The van der Waals surface area contributed by atoms with Crippen molar-refractivity contribution in [2.24, 2.45) is 23.3 Å². The number of carboxylic acid groups (broad SMARTS) is 1. The van der Waals surface area contributed by atoms with E-state index in [0.717, 1.165) is 6.08 Å². The maximum absolute atomic E-state index is 15.6. The molecule has 35 heteroatoms. The Bertz CT molecular complexity index is 3870. The molecule has 13 rings (SSSR count). The van der Waals surface area contributed by atoms with Crippen molar-refractivity contribution in [2.45, 2.75) is 206 Å². The molecule has 21 atom stereocenters. The predicted molar refractivity (Wildman–Crippen MR) is 360 cm³/mol. The van der Waals surface area contributed by atoms with Gasteiger partial charge in [-0.3, -0.25) is 28.8 Å². The monoisotopic (exact) mass is 1480 g/mol. The lowest BCUT2D eigenvalue weighted by Gasteiger charge is -2.47. The van der Waals surface area contributed by atoms with Crippen LogP contribution in [-0.2, 0) is 47.8 Å². The number of carbonyl (C=O) groups is 7. The first-order valence-corrected chi connectivity index (χ1v) is 34.4. The van der Waals surface area contributed by atoms with E-state index in [9.17, 15) is 70.2 Å². The summed E-state index contributed by atoms with van der Waals surface area (Å²) < 4.78 is 39.0. The molecule has 3 fully saturated rings. The quantitative estimate of drug-likeness (QED) is 0.0537. The number of fused-ring (bicyclic) bond motifs is 12. The van der Waals surface area contributed by atoms with Crippen LogP contribution in [0, 0.1) is 11.8 Å². The van der Waals surface area contributed by atoms with Gasteiger partial charge in [-0.25, -0.2) is 4.79 Å². The number of nitrogens with one attached hydrogen (secondary N) is 7. The molecule has 1 aromatic carbocycles. The summed E-state index contributed by atoms with van der Waals surface area (Å²) >= 11 is 20.7. The summed E-state index contributed by atoms with van der Waals surface area (Å²) in [5.74, 6) is -14.2. The van der Waals surface area contributed by atoms with E-state index in [1.54, 1.807) is 0 Å². The minimum Gasteiger partial charge on any atom is -0.479 e. The molecule has 554 valence electrons. The number of aliphatic hydroxyl groups excluding tert-OH is 7. The Hall–Kier alpha value is -7.26. The molecule has 0 spiro atoms. The van der Waals surface area contributed by atoms with Gasteiger partial charge in [0.05, 0.1) is 47.8 Å². The summed E-state index contributed by atoms with van der Waals surface area (Å²) in [5.41, 5.74) is 10.3. The lowest BCUT2D eigenvalue weighted by atomic mass is 9.77. The van der Waals surface area contributed by atoms with E-state index in [4.69, 9.17) is 75.3 Å². The number of nitrogens with two attached hydrogens (primary N) is 2. The van der Waals surface area contributed by atoms with Crippen molar-refractivity contribution in [3.63, 3.8) is 0 Å². The van der Waals surface area contributed by atoms with Crippen molar-refractivity contribution in [3.8, 4) is 17.2 Å². The van der Waals surface area contributed by atoms with Gasteiger partial charge in [-0.15, -0.1) is 11.6 Å². The number of aliphatic hydroxyl groups is 9. The Kier molecular flexibility index (Phi) is 22.4. The van der Waals surface area contributed by atoms with Gasteiger partial charge in [-0.1, -0.05) is 55.9 Å². The molecule has 32 nitrogen and oxygen atoms in total. The first kappa shape index (κ1) is 75.9. The van der Waals surface area contributed by atoms with Gasteiger partial charge in [0.1, 0.15) is 77.2 Å². The van der Waals surface area contributed by atoms with Crippen LogP contribution in [0.25, 0.3) is 0 Å². The third-order valence-corrected chi connectivity index (χ3v) is 20.9. The van der Waals surface area contributed by atoms with Gasteiger partial charge in [0, 0.05) is 36.3 Å². The van der Waals surface area contributed by atoms with Gasteiger partial charge in [0.25, 0.3) is 0 Å². The van der Waals surface area contributed by atoms with E-state index in [0.29, 0.717) is 0 Å². The van der Waals surface area contributed by atoms with Crippen molar-refractivity contribution in [1.29, 1.82) is 0 Å². The molecule has 7 aliphatic heterocycles. The van der Waals surface area contributed by atoms with Gasteiger partial charge >= 0.3 is 5.97 Å². The molecule has 6 amide bonds. The van der Waals surface area contributed by atoms with Crippen molar-refractivity contribution < 1.29 is 113 Å². The largest absolute Gasteiger partial charge is 0.479 e. The van der Waals surface area contributed by atoms with Crippen molar-refractivity contribution in [1.82, 2.24) is 37.2 Å². The minimum atomic E-state index is -2.82. The molecule has 21 N–H and O–H groups in total.